The van der Waals surface area contributed by atoms with Crippen molar-refractivity contribution in [3.05, 3.63) is 68.8 Å². The number of hydrogen-bond acceptors (Lipinski definition) is 4. The van der Waals surface area contributed by atoms with Gasteiger partial charge in [0.2, 0.25) is 0 Å². The zero-order valence-electron chi connectivity index (χ0n) is 13.9. The van der Waals surface area contributed by atoms with E-state index in [1.54, 1.807) is 16.8 Å². The minimum atomic E-state index is -0.207. The van der Waals surface area contributed by atoms with Crippen LogP contribution in [0.4, 0.5) is 0 Å². The maximum Gasteiger partial charge on any atom is 0.263 e. The molecule has 5 nitrogen and oxygen atoms in total. The van der Waals surface area contributed by atoms with E-state index in [0.29, 0.717) is 23.8 Å². The van der Waals surface area contributed by atoms with E-state index in [2.05, 4.69) is 38.2 Å². The van der Waals surface area contributed by atoms with Crippen molar-refractivity contribution >= 4 is 15.9 Å². The first-order chi connectivity index (χ1) is 12.1. The van der Waals surface area contributed by atoms with Crippen LogP contribution in [-0.4, -0.2) is 14.7 Å². The van der Waals surface area contributed by atoms with Gasteiger partial charge in [-0.05, 0) is 49.6 Å². The molecule has 0 radical (unpaired) electrons. The van der Waals surface area contributed by atoms with Crippen molar-refractivity contribution in [3.63, 3.8) is 0 Å². The number of hydrogen-bond donors (Lipinski definition) is 0. The van der Waals surface area contributed by atoms with Gasteiger partial charge in [-0.1, -0.05) is 39.6 Å². The van der Waals surface area contributed by atoms with Crippen LogP contribution in [0.25, 0.3) is 11.5 Å². The first-order valence-corrected chi connectivity index (χ1v) is 9.23. The van der Waals surface area contributed by atoms with Gasteiger partial charge in [0, 0.05) is 17.2 Å². The van der Waals surface area contributed by atoms with Gasteiger partial charge in [-0.2, -0.15) is 4.98 Å². The number of halogens is 1. The third-order valence-electron chi connectivity index (χ3n) is 5.05. The Morgan fingerprint density at radius 2 is 2.00 bits per heavy atom. The number of aryl methyl sites for hydroxylation is 1. The van der Waals surface area contributed by atoms with Gasteiger partial charge in [-0.25, -0.2) is 0 Å². The molecule has 2 heterocycles. The Kier molecular flexibility index (Phi) is 4.07. The van der Waals surface area contributed by atoms with E-state index in [1.807, 2.05) is 25.1 Å². The van der Waals surface area contributed by atoms with Crippen LogP contribution >= 0.6 is 15.9 Å². The molecule has 128 valence electrons. The van der Waals surface area contributed by atoms with Crippen LogP contribution in [0.15, 0.2) is 56.4 Å². The number of pyridine rings is 1. The molecule has 3 aromatic rings. The van der Waals surface area contributed by atoms with Gasteiger partial charge in [0.15, 0.2) is 5.82 Å². The molecule has 4 rings (SSSR count). The van der Waals surface area contributed by atoms with E-state index in [-0.39, 0.29) is 11.0 Å². The minimum Gasteiger partial charge on any atom is -0.334 e. The molecule has 1 aliphatic carbocycles. The molecule has 1 aliphatic rings. The number of aromatic nitrogens is 3. The van der Waals surface area contributed by atoms with Crippen molar-refractivity contribution in [2.75, 3.05) is 0 Å². The fourth-order valence-corrected chi connectivity index (χ4v) is 3.68. The van der Waals surface area contributed by atoms with E-state index < -0.39 is 0 Å². The second kappa shape index (κ2) is 6.26. The van der Waals surface area contributed by atoms with Crippen LogP contribution in [-0.2, 0) is 12.0 Å². The van der Waals surface area contributed by atoms with E-state index in [4.69, 9.17) is 4.52 Å². The van der Waals surface area contributed by atoms with E-state index in [9.17, 15) is 4.79 Å². The molecule has 0 N–H and O–H groups in total. The minimum absolute atomic E-state index is 0.105. The van der Waals surface area contributed by atoms with Crippen LogP contribution in [0, 0.1) is 0 Å². The van der Waals surface area contributed by atoms with Crippen molar-refractivity contribution < 1.29 is 4.52 Å². The van der Waals surface area contributed by atoms with Gasteiger partial charge in [-0.3, -0.25) is 4.79 Å². The Morgan fingerprint density at radius 1 is 1.24 bits per heavy atom. The molecule has 0 amide bonds. The monoisotopic (exact) mass is 399 g/mol. The summed E-state index contributed by atoms with van der Waals surface area (Å²) in [6.45, 7) is 2.54. The van der Waals surface area contributed by atoms with Crippen LogP contribution in [0.3, 0.4) is 0 Å². The Morgan fingerprint density at radius 3 is 2.64 bits per heavy atom. The molecule has 1 aromatic carbocycles. The zero-order valence-corrected chi connectivity index (χ0v) is 15.5. The summed E-state index contributed by atoms with van der Waals surface area (Å²) in [5, 5.41) is 4.24. The zero-order chi connectivity index (χ0) is 17.4. The molecule has 0 unspecified atom stereocenters. The van der Waals surface area contributed by atoms with Crippen molar-refractivity contribution in [3.8, 4) is 11.5 Å². The molecular formula is C19H18BrN3O2. The van der Waals surface area contributed by atoms with Crippen LogP contribution in [0.2, 0.25) is 0 Å². The predicted octanol–water partition coefficient (Wildman–Crippen LogP) is 4.15. The molecule has 0 saturated heterocycles. The summed E-state index contributed by atoms with van der Waals surface area (Å²) in [5.74, 6) is 0.966. The molecule has 25 heavy (non-hydrogen) atoms. The maximum atomic E-state index is 12.5. The van der Waals surface area contributed by atoms with Gasteiger partial charge in [0.1, 0.15) is 5.56 Å². The molecule has 6 heteroatoms. The smallest absolute Gasteiger partial charge is 0.263 e. The molecule has 0 spiro atoms. The highest BCUT2D eigenvalue weighted by atomic mass is 79.9. The molecular weight excluding hydrogens is 382 g/mol. The fourth-order valence-electron chi connectivity index (χ4n) is 3.42. The molecule has 0 aliphatic heterocycles. The van der Waals surface area contributed by atoms with E-state index >= 15 is 0 Å². The first kappa shape index (κ1) is 16.3. The Labute approximate surface area is 153 Å². The van der Waals surface area contributed by atoms with E-state index in [1.165, 1.54) is 5.56 Å². The van der Waals surface area contributed by atoms with Crippen LogP contribution in [0.5, 0.6) is 0 Å². The standard InChI is InChI=1S/C19H18BrN3O2/c1-2-23-12-3-5-15(17(23)24)16-21-18(22-25-16)19(10-4-11-19)13-6-8-14(20)9-7-13/h3,5-9,12H,2,4,10-11H2,1H3. The Bertz CT molecular complexity index is 955. The topological polar surface area (TPSA) is 60.9 Å². The van der Waals surface area contributed by atoms with Crippen molar-refractivity contribution in [1.29, 1.82) is 0 Å². The second-order valence-corrected chi connectivity index (χ2v) is 7.29. The summed E-state index contributed by atoms with van der Waals surface area (Å²) in [6.07, 6.45) is 4.87. The second-order valence-electron chi connectivity index (χ2n) is 6.38. The van der Waals surface area contributed by atoms with Gasteiger partial charge < -0.3 is 9.09 Å². The summed E-state index contributed by atoms with van der Waals surface area (Å²) in [4.78, 5) is 17.1. The summed E-state index contributed by atoms with van der Waals surface area (Å²) in [5.41, 5.74) is 1.33. The highest BCUT2D eigenvalue weighted by Crippen LogP contribution is 2.48. The third-order valence-corrected chi connectivity index (χ3v) is 5.58. The third kappa shape index (κ3) is 2.65. The summed E-state index contributed by atoms with van der Waals surface area (Å²) in [6, 6.07) is 11.8. The highest BCUT2D eigenvalue weighted by Gasteiger charge is 2.44. The highest BCUT2D eigenvalue weighted by molar-refractivity contribution is 9.10. The SMILES string of the molecule is CCn1cccc(-c2nc(C3(c4ccc(Br)cc4)CCC3)no2)c1=O. The van der Waals surface area contributed by atoms with Crippen molar-refractivity contribution in [1.82, 2.24) is 14.7 Å². The fraction of sp³-hybridized carbons (Fsp3) is 0.316. The summed E-state index contributed by atoms with van der Waals surface area (Å²) < 4.78 is 8.15. The number of rotatable bonds is 4. The normalized spacial score (nSPS) is 15.8. The molecule has 0 bridgehead atoms. The lowest BCUT2D eigenvalue weighted by Gasteiger charge is -2.39. The largest absolute Gasteiger partial charge is 0.334 e. The molecule has 1 fully saturated rings. The Hall–Kier alpha value is -2.21. The van der Waals surface area contributed by atoms with Gasteiger partial charge in [0.25, 0.3) is 11.4 Å². The molecule has 0 atom stereocenters. The number of nitrogens with zero attached hydrogens (tertiary/aromatic N) is 3. The lowest BCUT2D eigenvalue weighted by molar-refractivity contribution is 0.273. The van der Waals surface area contributed by atoms with Crippen LogP contribution in [0.1, 0.15) is 37.6 Å². The first-order valence-electron chi connectivity index (χ1n) is 8.44. The summed E-state index contributed by atoms with van der Waals surface area (Å²) >= 11 is 3.48. The van der Waals surface area contributed by atoms with Crippen molar-refractivity contribution in [2.45, 2.75) is 38.1 Å². The summed E-state index contributed by atoms with van der Waals surface area (Å²) in [7, 11) is 0. The quantitative estimate of drug-likeness (QED) is 0.660. The average molecular weight is 400 g/mol. The van der Waals surface area contributed by atoms with Gasteiger partial charge in [-0.15, -0.1) is 0 Å². The lowest BCUT2D eigenvalue weighted by atomic mass is 9.64. The molecule has 2 aromatic heterocycles. The average Bonchev–Trinajstić information content (AvgIpc) is 3.06. The lowest BCUT2D eigenvalue weighted by Crippen LogP contribution is -2.36. The van der Waals surface area contributed by atoms with E-state index in [0.717, 1.165) is 23.7 Å². The van der Waals surface area contributed by atoms with Gasteiger partial charge >= 0.3 is 0 Å². The van der Waals surface area contributed by atoms with Crippen LogP contribution < -0.4 is 5.56 Å². The predicted molar refractivity (Wildman–Crippen MR) is 98.4 cm³/mol. The van der Waals surface area contributed by atoms with Crippen molar-refractivity contribution in [2.24, 2.45) is 0 Å². The maximum absolute atomic E-state index is 12.5. The van der Waals surface area contributed by atoms with Gasteiger partial charge in [0.05, 0.1) is 5.41 Å². The molecule has 1 saturated carbocycles. The number of benzene rings is 1. The Balaban J connectivity index is 1.76.